The SMILES string of the molecule is CCCN1C(=O)CCc2cc(CS(=O)(=O)c3cc(C)cs3)ccc21. The lowest BCUT2D eigenvalue weighted by Crippen LogP contribution is -2.35. The third-order valence-electron chi connectivity index (χ3n) is 4.16. The molecule has 0 bridgehead atoms. The summed E-state index contributed by atoms with van der Waals surface area (Å²) >= 11 is 1.27. The van der Waals surface area contributed by atoms with Gasteiger partial charge in [-0.15, -0.1) is 11.3 Å². The lowest BCUT2D eigenvalue weighted by molar-refractivity contribution is -0.118. The molecular formula is C18H21NO3S2. The number of anilines is 1. The quantitative estimate of drug-likeness (QED) is 0.813. The third kappa shape index (κ3) is 3.39. The van der Waals surface area contributed by atoms with Crippen LogP contribution in [-0.4, -0.2) is 20.9 Å². The minimum absolute atomic E-state index is 0.00194. The number of aryl methyl sites for hydroxylation is 2. The monoisotopic (exact) mass is 363 g/mol. The van der Waals surface area contributed by atoms with Crippen LogP contribution < -0.4 is 4.90 Å². The zero-order chi connectivity index (χ0) is 17.3. The van der Waals surface area contributed by atoms with Gasteiger partial charge < -0.3 is 4.90 Å². The number of carbonyl (C=O) groups is 1. The van der Waals surface area contributed by atoms with E-state index in [0.717, 1.165) is 28.8 Å². The van der Waals surface area contributed by atoms with Crippen molar-refractivity contribution in [1.82, 2.24) is 0 Å². The molecule has 0 N–H and O–H groups in total. The van der Waals surface area contributed by atoms with Crippen LogP contribution in [0.3, 0.4) is 0 Å². The molecular weight excluding hydrogens is 342 g/mol. The zero-order valence-electron chi connectivity index (χ0n) is 13.9. The van der Waals surface area contributed by atoms with Crippen molar-refractivity contribution in [2.24, 2.45) is 0 Å². The molecule has 0 atom stereocenters. The normalized spacial score (nSPS) is 14.8. The van der Waals surface area contributed by atoms with Gasteiger partial charge in [0.05, 0.1) is 5.75 Å². The van der Waals surface area contributed by atoms with E-state index in [4.69, 9.17) is 0 Å². The maximum atomic E-state index is 12.5. The maximum Gasteiger partial charge on any atom is 0.227 e. The average molecular weight is 364 g/mol. The number of rotatable bonds is 5. The molecule has 1 amide bonds. The van der Waals surface area contributed by atoms with Gasteiger partial charge in [-0.3, -0.25) is 4.79 Å². The Bertz CT molecular complexity index is 868. The van der Waals surface area contributed by atoms with Crippen LogP contribution in [0.2, 0.25) is 0 Å². The van der Waals surface area contributed by atoms with Gasteiger partial charge in [-0.1, -0.05) is 19.1 Å². The molecule has 0 unspecified atom stereocenters. The molecule has 0 saturated heterocycles. The molecule has 0 fully saturated rings. The van der Waals surface area contributed by atoms with E-state index in [1.165, 1.54) is 11.3 Å². The Morgan fingerprint density at radius 1 is 1.21 bits per heavy atom. The second-order valence-corrected chi connectivity index (χ2v) is 9.34. The minimum atomic E-state index is -3.32. The second kappa shape index (κ2) is 6.69. The highest BCUT2D eigenvalue weighted by molar-refractivity contribution is 7.92. The zero-order valence-corrected chi connectivity index (χ0v) is 15.5. The average Bonchev–Trinajstić information content (AvgIpc) is 2.97. The van der Waals surface area contributed by atoms with Crippen molar-refractivity contribution in [3.63, 3.8) is 0 Å². The van der Waals surface area contributed by atoms with E-state index in [-0.39, 0.29) is 11.7 Å². The molecule has 2 aromatic rings. The lowest BCUT2D eigenvalue weighted by atomic mass is 9.99. The van der Waals surface area contributed by atoms with Gasteiger partial charge in [0.25, 0.3) is 0 Å². The molecule has 0 spiro atoms. The van der Waals surface area contributed by atoms with Crippen molar-refractivity contribution in [3.8, 4) is 0 Å². The van der Waals surface area contributed by atoms with Crippen LogP contribution in [0.15, 0.2) is 33.9 Å². The van der Waals surface area contributed by atoms with E-state index in [9.17, 15) is 13.2 Å². The number of hydrogen-bond acceptors (Lipinski definition) is 4. The Balaban J connectivity index is 1.88. The number of fused-ring (bicyclic) bond motifs is 1. The number of benzene rings is 1. The number of carbonyl (C=O) groups excluding carboxylic acids is 1. The van der Waals surface area contributed by atoms with Crippen LogP contribution >= 0.6 is 11.3 Å². The predicted molar refractivity (Wildman–Crippen MR) is 97.4 cm³/mol. The first-order chi connectivity index (χ1) is 11.4. The Kier molecular flexibility index (Phi) is 4.78. The van der Waals surface area contributed by atoms with Crippen LogP contribution in [0.1, 0.15) is 36.5 Å². The van der Waals surface area contributed by atoms with E-state index in [0.29, 0.717) is 23.6 Å². The molecule has 128 valence electrons. The summed E-state index contributed by atoms with van der Waals surface area (Å²) in [7, 11) is -3.32. The van der Waals surface area contributed by atoms with Crippen molar-refractivity contribution in [2.75, 3.05) is 11.4 Å². The summed E-state index contributed by atoms with van der Waals surface area (Å²) < 4.78 is 25.5. The van der Waals surface area contributed by atoms with Crippen molar-refractivity contribution in [2.45, 2.75) is 43.1 Å². The van der Waals surface area contributed by atoms with Crippen molar-refractivity contribution in [1.29, 1.82) is 0 Å². The summed E-state index contributed by atoms with van der Waals surface area (Å²) in [6.45, 7) is 4.65. The van der Waals surface area contributed by atoms with Gasteiger partial charge in [-0.25, -0.2) is 8.42 Å². The van der Waals surface area contributed by atoms with E-state index in [1.807, 2.05) is 42.3 Å². The Labute approximate surface area is 147 Å². The van der Waals surface area contributed by atoms with E-state index >= 15 is 0 Å². The molecule has 1 aromatic carbocycles. The topological polar surface area (TPSA) is 54.5 Å². The summed E-state index contributed by atoms with van der Waals surface area (Å²) in [5.74, 6) is 0.154. The number of amides is 1. The molecule has 6 heteroatoms. The number of nitrogens with zero attached hydrogens (tertiary/aromatic N) is 1. The van der Waals surface area contributed by atoms with Gasteiger partial charge in [-0.2, -0.15) is 0 Å². The Morgan fingerprint density at radius 3 is 2.67 bits per heavy atom. The summed E-state index contributed by atoms with van der Waals surface area (Å²) in [6.07, 6.45) is 2.08. The van der Waals surface area contributed by atoms with Gasteiger partial charge in [0, 0.05) is 18.7 Å². The van der Waals surface area contributed by atoms with E-state index in [2.05, 4.69) is 0 Å². The molecule has 24 heavy (non-hydrogen) atoms. The first-order valence-corrected chi connectivity index (χ1v) is 10.6. The number of thiophene rings is 1. The van der Waals surface area contributed by atoms with Gasteiger partial charge in [-0.05, 0) is 54.0 Å². The lowest BCUT2D eigenvalue weighted by Gasteiger charge is -2.29. The van der Waals surface area contributed by atoms with Crippen LogP contribution in [-0.2, 0) is 26.8 Å². The molecule has 3 rings (SSSR count). The Morgan fingerprint density at radius 2 is 2.00 bits per heavy atom. The number of sulfone groups is 1. The van der Waals surface area contributed by atoms with Gasteiger partial charge >= 0.3 is 0 Å². The van der Waals surface area contributed by atoms with Crippen molar-refractivity contribution in [3.05, 3.63) is 46.3 Å². The highest BCUT2D eigenvalue weighted by atomic mass is 32.2. The fourth-order valence-electron chi connectivity index (χ4n) is 3.03. The summed E-state index contributed by atoms with van der Waals surface area (Å²) in [6, 6.07) is 7.40. The van der Waals surface area contributed by atoms with Gasteiger partial charge in [0.2, 0.25) is 5.91 Å². The molecule has 1 aliphatic rings. The maximum absolute atomic E-state index is 12.5. The fourth-order valence-corrected chi connectivity index (χ4v) is 5.69. The first-order valence-electron chi connectivity index (χ1n) is 8.11. The summed E-state index contributed by atoms with van der Waals surface area (Å²) in [4.78, 5) is 13.9. The molecule has 1 aromatic heterocycles. The second-order valence-electron chi connectivity index (χ2n) is 6.21. The molecule has 4 nitrogen and oxygen atoms in total. The van der Waals surface area contributed by atoms with E-state index < -0.39 is 9.84 Å². The number of hydrogen-bond donors (Lipinski definition) is 0. The smallest absolute Gasteiger partial charge is 0.227 e. The first kappa shape index (κ1) is 17.2. The van der Waals surface area contributed by atoms with Crippen LogP contribution in [0.4, 0.5) is 5.69 Å². The molecule has 0 radical (unpaired) electrons. The molecule has 0 saturated carbocycles. The predicted octanol–water partition coefficient (Wildman–Crippen LogP) is 3.72. The van der Waals surface area contributed by atoms with E-state index in [1.54, 1.807) is 6.07 Å². The van der Waals surface area contributed by atoms with Crippen LogP contribution in [0.5, 0.6) is 0 Å². The third-order valence-corrected chi connectivity index (χ3v) is 7.50. The summed E-state index contributed by atoms with van der Waals surface area (Å²) in [5, 5.41) is 1.86. The van der Waals surface area contributed by atoms with Crippen LogP contribution in [0.25, 0.3) is 0 Å². The molecule has 1 aliphatic heterocycles. The summed E-state index contributed by atoms with van der Waals surface area (Å²) in [5.41, 5.74) is 3.75. The highest BCUT2D eigenvalue weighted by Crippen LogP contribution is 2.31. The molecule has 0 aliphatic carbocycles. The van der Waals surface area contributed by atoms with Gasteiger partial charge in [0.15, 0.2) is 9.84 Å². The molecule has 2 heterocycles. The minimum Gasteiger partial charge on any atom is -0.312 e. The van der Waals surface area contributed by atoms with Crippen LogP contribution in [0, 0.1) is 6.92 Å². The van der Waals surface area contributed by atoms with Crippen molar-refractivity contribution < 1.29 is 13.2 Å². The Hall–Kier alpha value is -1.66. The van der Waals surface area contributed by atoms with Gasteiger partial charge in [0.1, 0.15) is 4.21 Å². The fraction of sp³-hybridized carbons (Fsp3) is 0.389. The van der Waals surface area contributed by atoms with Crippen molar-refractivity contribution >= 4 is 32.8 Å². The standard InChI is InChI=1S/C18H21NO3S2/c1-3-8-19-16-6-4-14(10-15(16)5-7-17(19)20)12-24(21,22)18-9-13(2)11-23-18/h4,6,9-11H,3,5,7-8,12H2,1-2H3. The highest BCUT2D eigenvalue weighted by Gasteiger charge is 2.24. The largest absolute Gasteiger partial charge is 0.312 e.